The van der Waals surface area contributed by atoms with Crippen LogP contribution in [0.15, 0.2) is 0 Å². The van der Waals surface area contributed by atoms with E-state index in [-0.39, 0.29) is 13.2 Å². The second-order valence-electron chi connectivity index (χ2n) is 2.63. The van der Waals surface area contributed by atoms with Crippen LogP contribution < -0.4 is 0 Å². The number of halogens is 3. The maximum Gasteiger partial charge on any atom is 0.394 e. The molecular formula is C6H9F3O2. The van der Waals surface area contributed by atoms with Gasteiger partial charge in [-0.2, -0.15) is 13.2 Å². The molecule has 1 aliphatic heterocycles. The Hall–Kier alpha value is -0.290. The minimum Gasteiger partial charge on any atom is -0.396 e. The summed E-state index contributed by atoms with van der Waals surface area (Å²) < 4.78 is 40.6. The Balaban J connectivity index is 2.57. The minimum absolute atomic E-state index is 0.0146. The molecule has 2 unspecified atom stereocenters. The van der Waals surface area contributed by atoms with Gasteiger partial charge < -0.3 is 9.84 Å². The van der Waals surface area contributed by atoms with Crippen molar-refractivity contribution in [2.24, 2.45) is 11.8 Å². The molecule has 0 amide bonds. The number of aliphatic hydroxyl groups is 1. The number of hydrogen-bond donors (Lipinski definition) is 1. The van der Waals surface area contributed by atoms with Crippen LogP contribution in [0, 0.1) is 11.8 Å². The fraction of sp³-hybridized carbons (Fsp3) is 1.00. The van der Waals surface area contributed by atoms with Crippen LogP contribution in [-0.4, -0.2) is 31.1 Å². The molecule has 0 aromatic rings. The molecule has 66 valence electrons. The van der Waals surface area contributed by atoms with Gasteiger partial charge in [-0.15, -0.1) is 0 Å². The SMILES string of the molecule is OCC1COCC1C(F)(F)F. The lowest BCUT2D eigenvalue weighted by Crippen LogP contribution is -2.31. The lowest BCUT2D eigenvalue weighted by Gasteiger charge is -2.17. The molecule has 1 heterocycles. The lowest BCUT2D eigenvalue weighted by molar-refractivity contribution is -0.184. The van der Waals surface area contributed by atoms with Crippen LogP contribution in [0.4, 0.5) is 13.2 Å². The van der Waals surface area contributed by atoms with E-state index in [1.165, 1.54) is 0 Å². The Morgan fingerprint density at radius 2 is 2.00 bits per heavy atom. The van der Waals surface area contributed by atoms with Gasteiger partial charge in [0.1, 0.15) is 0 Å². The largest absolute Gasteiger partial charge is 0.396 e. The van der Waals surface area contributed by atoms with Gasteiger partial charge in [0.15, 0.2) is 0 Å². The molecular weight excluding hydrogens is 161 g/mol. The minimum atomic E-state index is -4.23. The number of alkyl halides is 3. The second-order valence-corrected chi connectivity index (χ2v) is 2.63. The maximum atomic E-state index is 12.0. The molecule has 5 heteroatoms. The summed E-state index contributed by atoms with van der Waals surface area (Å²) >= 11 is 0. The first-order valence-corrected chi connectivity index (χ1v) is 3.31. The lowest BCUT2D eigenvalue weighted by atomic mass is 9.97. The number of hydrogen-bond acceptors (Lipinski definition) is 2. The van der Waals surface area contributed by atoms with Crippen LogP contribution >= 0.6 is 0 Å². The summed E-state index contributed by atoms with van der Waals surface area (Å²) in [4.78, 5) is 0. The van der Waals surface area contributed by atoms with E-state index in [0.717, 1.165) is 0 Å². The van der Waals surface area contributed by atoms with E-state index in [2.05, 4.69) is 4.74 Å². The standard InChI is InChI=1S/C6H9F3O2/c7-6(8,9)5-3-11-2-4(5)1-10/h4-5,10H,1-3H2. The second kappa shape index (κ2) is 2.98. The molecule has 0 bridgehead atoms. The number of aliphatic hydroxyl groups excluding tert-OH is 1. The Kier molecular flexibility index (Phi) is 2.39. The van der Waals surface area contributed by atoms with Gasteiger partial charge >= 0.3 is 6.18 Å². The van der Waals surface area contributed by atoms with Crippen LogP contribution in [0.3, 0.4) is 0 Å². The van der Waals surface area contributed by atoms with E-state index >= 15 is 0 Å². The molecule has 0 saturated carbocycles. The Bertz CT molecular complexity index is 134. The molecule has 11 heavy (non-hydrogen) atoms. The van der Waals surface area contributed by atoms with Crippen molar-refractivity contribution in [1.29, 1.82) is 0 Å². The van der Waals surface area contributed by atoms with Crippen molar-refractivity contribution in [3.8, 4) is 0 Å². The molecule has 1 N–H and O–H groups in total. The van der Waals surface area contributed by atoms with Crippen molar-refractivity contribution in [3.63, 3.8) is 0 Å². The van der Waals surface area contributed by atoms with Crippen molar-refractivity contribution in [1.82, 2.24) is 0 Å². The third kappa shape index (κ3) is 1.84. The molecule has 0 aromatic heterocycles. The highest BCUT2D eigenvalue weighted by Gasteiger charge is 2.47. The van der Waals surface area contributed by atoms with Crippen molar-refractivity contribution in [3.05, 3.63) is 0 Å². The van der Waals surface area contributed by atoms with Crippen LogP contribution in [0.5, 0.6) is 0 Å². The van der Waals surface area contributed by atoms with E-state index in [9.17, 15) is 13.2 Å². The summed E-state index contributed by atoms with van der Waals surface area (Å²) in [6, 6.07) is 0. The predicted octanol–water partition coefficient (Wildman–Crippen LogP) is 0.804. The zero-order valence-electron chi connectivity index (χ0n) is 5.77. The third-order valence-electron chi connectivity index (χ3n) is 1.85. The zero-order valence-corrected chi connectivity index (χ0v) is 5.77. The average molecular weight is 170 g/mol. The van der Waals surface area contributed by atoms with E-state index in [0.29, 0.717) is 0 Å². The molecule has 1 fully saturated rings. The van der Waals surface area contributed by atoms with E-state index in [4.69, 9.17) is 5.11 Å². The van der Waals surface area contributed by atoms with Crippen molar-refractivity contribution in [2.75, 3.05) is 19.8 Å². The first-order chi connectivity index (χ1) is 5.05. The van der Waals surface area contributed by atoms with E-state index in [1.54, 1.807) is 0 Å². The third-order valence-corrected chi connectivity index (χ3v) is 1.85. The zero-order chi connectivity index (χ0) is 8.48. The number of ether oxygens (including phenoxy) is 1. The highest BCUT2D eigenvalue weighted by Crippen LogP contribution is 2.35. The van der Waals surface area contributed by atoms with Gasteiger partial charge in [0, 0.05) is 12.5 Å². The van der Waals surface area contributed by atoms with Gasteiger partial charge in [-0.25, -0.2) is 0 Å². The molecule has 2 atom stereocenters. The van der Waals surface area contributed by atoms with Crippen LogP contribution in [0.1, 0.15) is 0 Å². The Morgan fingerprint density at radius 3 is 2.36 bits per heavy atom. The van der Waals surface area contributed by atoms with Gasteiger partial charge in [-0.05, 0) is 0 Å². The normalized spacial score (nSPS) is 32.7. The van der Waals surface area contributed by atoms with E-state index in [1.807, 2.05) is 0 Å². The Labute approximate surface area is 62.0 Å². The number of rotatable bonds is 1. The maximum absolute atomic E-state index is 12.0. The fourth-order valence-corrected chi connectivity index (χ4v) is 1.14. The monoisotopic (exact) mass is 170 g/mol. The predicted molar refractivity (Wildman–Crippen MR) is 30.9 cm³/mol. The van der Waals surface area contributed by atoms with Crippen molar-refractivity contribution >= 4 is 0 Å². The first-order valence-electron chi connectivity index (χ1n) is 3.31. The topological polar surface area (TPSA) is 29.5 Å². The van der Waals surface area contributed by atoms with Crippen molar-refractivity contribution < 1.29 is 23.0 Å². The van der Waals surface area contributed by atoms with Crippen LogP contribution in [0.2, 0.25) is 0 Å². The molecule has 0 radical (unpaired) electrons. The average Bonchev–Trinajstić information content (AvgIpc) is 2.31. The van der Waals surface area contributed by atoms with Gasteiger partial charge in [-0.3, -0.25) is 0 Å². The molecule has 0 aromatic carbocycles. The molecule has 0 aliphatic carbocycles. The van der Waals surface area contributed by atoms with Gasteiger partial charge in [0.25, 0.3) is 0 Å². The Morgan fingerprint density at radius 1 is 1.36 bits per heavy atom. The van der Waals surface area contributed by atoms with Gasteiger partial charge in [0.05, 0.1) is 19.1 Å². The molecule has 2 nitrogen and oxygen atoms in total. The molecule has 1 aliphatic rings. The van der Waals surface area contributed by atoms with Crippen LogP contribution in [0.25, 0.3) is 0 Å². The molecule has 0 spiro atoms. The molecule has 1 rings (SSSR count). The smallest absolute Gasteiger partial charge is 0.394 e. The summed E-state index contributed by atoms with van der Waals surface area (Å²) in [5.41, 5.74) is 0. The summed E-state index contributed by atoms with van der Waals surface area (Å²) in [7, 11) is 0. The van der Waals surface area contributed by atoms with Gasteiger partial charge in [0.2, 0.25) is 0 Å². The molecule has 1 saturated heterocycles. The highest BCUT2D eigenvalue weighted by atomic mass is 19.4. The van der Waals surface area contributed by atoms with Crippen molar-refractivity contribution in [2.45, 2.75) is 6.18 Å². The highest BCUT2D eigenvalue weighted by molar-refractivity contribution is 4.79. The van der Waals surface area contributed by atoms with Gasteiger partial charge in [-0.1, -0.05) is 0 Å². The summed E-state index contributed by atoms with van der Waals surface area (Å²) in [6.45, 7) is -0.750. The first kappa shape index (κ1) is 8.80. The van der Waals surface area contributed by atoms with E-state index < -0.39 is 24.6 Å². The van der Waals surface area contributed by atoms with Crippen LogP contribution in [-0.2, 0) is 4.74 Å². The fourth-order valence-electron chi connectivity index (χ4n) is 1.14. The summed E-state index contributed by atoms with van der Waals surface area (Å²) in [6.07, 6.45) is -4.23. The summed E-state index contributed by atoms with van der Waals surface area (Å²) in [5.74, 6) is -2.25. The quantitative estimate of drug-likeness (QED) is 0.630. The summed E-state index contributed by atoms with van der Waals surface area (Å²) in [5, 5.41) is 8.52.